The highest BCUT2D eigenvalue weighted by Crippen LogP contribution is 2.18. The lowest BCUT2D eigenvalue weighted by molar-refractivity contribution is -0.136. The third kappa shape index (κ3) is 4.97. The van der Waals surface area contributed by atoms with Gasteiger partial charge in [0.15, 0.2) is 0 Å². The number of ether oxygens (including phenoxy) is 1. The molecule has 1 N–H and O–H groups in total. The van der Waals surface area contributed by atoms with Crippen LogP contribution in [0.2, 0.25) is 5.02 Å². The van der Waals surface area contributed by atoms with E-state index in [1.54, 1.807) is 23.1 Å². The normalized spacial score (nSPS) is 17.0. The molecule has 0 spiro atoms. The molecule has 1 unspecified atom stereocenters. The summed E-state index contributed by atoms with van der Waals surface area (Å²) < 4.78 is 5.23. The molecule has 1 amide bonds. The molecule has 1 aromatic carbocycles. The Hall–Kier alpha value is -1.14. The number of carbonyl (C=O) groups is 1. The predicted molar refractivity (Wildman–Crippen MR) is 81.3 cm³/mol. The highest BCUT2D eigenvalue weighted by Gasteiger charge is 2.19. The van der Waals surface area contributed by atoms with Gasteiger partial charge in [0.05, 0.1) is 25.9 Å². The van der Waals surface area contributed by atoms with Crippen molar-refractivity contribution in [2.75, 3.05) is 46.4 Å². The number of benzene rings is 1. The van der Waals surface area contributed by atoms with E-state index in [1.165, 1.54) is 0 Å². The minimum Gasteiger partial charge on any atom is -0.387 e. The smallest absolute Gasteiger partial charge is 0.236 e. The van der Waals surface area contributed by atoms with Crippen molar-refractivity contribution in [1.29, 1.82) is 0 Å². The molecule has 6 heteroatoms. The molecule has 0 radical (unpaired) electrons. The van der Waals surface area contributed by atoms with Gasteiger partial charge in [-0.2, -0.15) is 0 Å². The molecule has 5 nitrogen and oxygen atoms in total. The minimum absolute atomic E-state index is 0.0686. The Morgan fingerprint density at radius 3 is 2.86 bits per heavy atom. The molecule has 21 heavy (non-hydrogen) atoms. The van der Waals surface area contributed by atoms with Gasteiger partial charge < -0.3 is 14.7 Å². The van der Waals surface area contributed by atoms with E-state index in [4.69, 9.17) is 16.3 Å². The fraction of sp³-hybridized carbons (Fsp3) is 0.533. The van der Waals surface area contributed by atoms with Crippen LogP contribution >= 0.6 is 11.6 Å². The van der Waals surface area contributed by atoms with Gasteiger partial charge in [-0.25, -0.2) is 0 Å². The number of aliphatic hydroxyl groups excluding tert-OH is 1. The summed E-state index contributed by atoms with van der Waals surface area (Å²) in [5.41, 5.74) is 0.758. The van der Waals surface area contributed by atoms with Crippen molar-refractivity contribution in [2.45, 2.75) is 6.10 Å². The average Bonchev–Trinajstić information content (AvgIpc) is 2.48. The van der Waals surface area contributed by atoms with Crippen LogP contribution in [0.3, 0.4) is 0 Å². The first-order chi connectivity index (χ1) is 10.1. The van der Waals surface area contributed by atoms with E-state index in [0.29, 0.717) is 37.9 Å². The average molecular weight is 313 g/mol. The number of halogens is 1. The van der Waals surface area contributed by atoms with Crippen LogP contribution in [0.5, 0.6) is 0 Å². The molecular weight excluding hydrogens is 292 g/mol. The van der Waals surface area contributed by atoms with E-state index in [1.807, 2.05) is 18.0 Å². The number of likely N-dealkylation sites (N-methyl/N-ethyl adjacent to an activating group) is 1. The van der Waals surface area contributed by atoms with Crippen molar-refractivity contribution in [3.63, 3.8) is 0 Å². The topological polar surface area (TPSA) is 53.0 Å². The number of aliphatic hydroxyl groups is 1. The van der Waals surface area contributed by atoms with Crippen molar-refractivity contribution in [1.82, 2.24) is 9.80 Å². The van der Waals surface area contributed by atoms with Crippen LogP contribution in [0, 0.1) is 0 Å². The van der Waals surface area contributed by atoms with Crippen molar-refractivity contribution in [2.24, 2.45) is 0 Å². The summed E-state index contributed by atoms with van der Waals surface area (Å²) >= 11 is 5.91. The molecule has 1 aliphatic heterocycles. The first-order valence-corrected chi connectivity index (χ1v) is 7.41. The maximum absolute atomic E-state index is 12.1. The number of nitrogens with zero attached hydrogens (tertiary/aromatic N) is 2. The predicted octanol–water partition coefficient (Wildman–Crippen LogP) is 1.16. The van der Waals surface area contributed by atoms with Gasteiger partial charge >= 0.3 is 0 Å². The van der Waals surface area contributed by atoms with E-state index < -0.39 is 6.10 Å². The third-order valence-electron chi connectivity index (χ3n) is 3.49. The van der Waals surface area contributed by atoms with Gasteiger partial charge in [-0.3, -0.25) is 9.69 Å². The van der Waals surface area contributed by atoms with Crippen LogP contribution in [0.4, 0.5) is 0 Å². The van der Waals surface area contributed by atoms with E-state index in [9.17, 15) is 9.90 Å². The van der Waals surface area contributed by atoms with E-state index in [2.05, 4.69) is 0 Å². The quantitative estimate of drug-likeness (QED) is 0.886. The lowest BCUT2D eigenvalue weighted by Crippen LogP contribution is -2.45. The van der Waals surface area contributed by atoms with Gasteiger partial charge in [-0.05, 0) is 24.7 Å². The maximum Gasteiger partial charge on any atom is 0.236 e. The van der Waals surface area contributed by atoms with Crippen molar-refractivity contribution in [3.8, 4) is 0 Å². The summed E-state index contributed by atoms with van der Waals surface area (Å²) in [6, 6.07) is 7.14. The molecule has 0 aromatic heterocycles. The van der Waals surface area contributed by atoms with Gasteiger partial charge in [0.2, 0.25) is 5.91 Å². The van der Waals surface area contributed by atoms with Gasteiger partial charge in [-0.1, -0.05) is 23.7 Å². The molecule has 116 valence electrons. The second-order valence-electron chi connectivity index (χ2n) is 5.26. The summed E-state index contributed by atoms with van der Waals surface area (Å²) in [6.45, 7) is 3.16. The third-order valence-corrected chi connectivity index (χ3v) is 3.72. The van der Waals surface area contributed by atoms with Gasteiger partial charge in [0.1, 0.15) is 0 Å². The van der Waals surface area contributed by atoms with Crippen LogP contribution in [-0.2, 0) is 9.53 Å². The lowest BCUT2D eigenvalue weighted by atomic mass is 10.1. The van der Waals surface area contributed by atoms with Gasteiger partial charge in [0, 0.05) is 24.7 Å². The molecule has 2 rings (SSSR count). The molecular formula is C15H21ClN2O3. The number of carbonyl (C=O) groups excluding carboxylic acids is 1. The van der Waals surface area contributed by atoms with Gasteiger partial charge in [-0.15, -0.1) is 0 Å². The number of rotatable bonds is 5. The van der Waals surface area contributed by atoms with Crippen molar-refractivity contribution < 1.29 is 14.6 Å². The lowest BCUT2D eigenvalue weighted by Gasteiger charge is -2.29. The highest BCUT2D eigenvalue weighted by atomic mass is 35.5. The highest BCUT2D eigenvalue weighted by molar-refractivity contribution is 6.30. The zero-order valence-electron chi connectivity index (χ0n) is 12.2. The Kier molecular flexibility index (Phi) is 5.99. The second-order valence-corrected chi connectivity index (χ2v) is 5.70. The maximum atomic E-state index is 12.1. The standard InChI is InChI=1S/C15H21ClN2O3/c1-17(11-15(20)18-5-7-21-8-6-18)10-14(19)12-3-2-4-13(16)9-12/h2-4,9,14,19H,5-8,10-11H2,1H3. The number of amides is 1. The molecule has 1 fully saturated rings. The molecule has 1 aromatic rings. The summed E-state index contributed by atoms with van der Waals surface area (Å²) in [4.78, 5) is 15.7. The first kappa shape index (κ1) is 16.2. The summed E-state index contributed by atoms with van der Waals surface area (Å²) in [6.07, 6.45) is -0.661. The molecule has 1 aliphatic rings. The Bertz CT molecular complexity index is 478. The Morgan fingerprint density at radius 2 is 2.19 bits per heavy atom. The number of hydrogen-bond donors (Lipinski definition) is 1. The zero-order chi connectivity index (χ0) is 15.2. The number of morpholine rings is 1. The molecule has 0 bridgehead atoms. The molecule has 0 saturated carbocycles. The van der Waals surface area contributed by atoms with E-state index in [0.717, 1.165) is 5.56 Å². The fourth-order valence-electron chi connectivity index (χ4n) is 2.32. The number of hydrogen-bond acceptors (Lipinski definition) is 4. The molecule has 0 aliphatic carbocycles. The van der Waals surface area contributed by atoms with Gasteiger partial charge in [0.25, 0.3) is 0 Å². The first-order valence-electron chi connectivity index (χ1n) is 7.04. The van der Waals surface area contributed by atoms with Crippen LogP contribution in [0.1, 0.15) is 11.7 Å². The zero-order valence-corrected chi connectivity index (χ0v) is 12.9. The van der Waals surface area contributed by atoms with Crippen LogP contribution in [0.15, 0.2) is 24.3 Å². The monoisotopic (exact) mass is 312 g/mol. The van der Waals surface area contributed by atoms with Crippen LogP contribution < -0.4 is 0 Å². The minimum atomic E-state index is -0.661. The fourth-order valence-corrected chi connectivity index (χ4v) is 2.52. The van der Waals surface area contributed by atoms with Crippen LogP contribution in [0.25, 0.3) is 0 Å². The summed E-state index contributed by atoms with van der Waals surface area (Å²) in [7, 11) is 1.83. The molecule has 1 saturated heterocycles. The Balaban J connectivity index is 1.83. The Labute approximate surface area is 130 Å². The molecule has 1 atom stereocenters. The molecule has 1 heterocycles. The van der Waals surface area contributed by atoms with Crippen molar-refractivity contribution >= 4 is 17.5 Å². The van der Waals surface area contributed by atoms with E-state index >= 15 is 0 Å². The summed E-state index contributed by atoms with van der Waals surface area (Å²) in [5, 5.41) is 10.8. The van der Waals surface area contributed by atoms with E-state index in [-0.39, 0.29) is 12.5 Å². The summed E-state index contributed by atoms with van der Waals surface area (Å²) in [5.74, 6) is 0.0686. The SMILES string of the molecule is CN(CC(=O)N1CCOCC1)CC(O)c1cccc(Cl)c1. The second kappa shape index (κ2) is 7.75. The van der Waals surface area contributed by atoms with Crippen molar-refractivity contribution in [3.05, 3.63) is 34.9 Å². The Morgan fingerprint density at radius 1 is 1.48 bits per heavy atom. The largest absolute Gasteiger partial charge is 0.387 e. The van der Waals surface area contributed by atoms with Crippen LogP contribution in [-0.4, -0.2) is 67.3 Å².